The van der Waals surface area contributed by atoms with E-state index in [1.54, 1.807) is 0 Å². The molecule has 1 nitrogen and oxygen atoms in total. The molecule has 11 heavy (non-hydrogen) atoms. The number of hydrogen-bond acceptors (Lipinski definition) is 1. The zero-order valence-electron chi connectivity index (χ0n) is 6.49. The number of fused-ring (bicyclic) bond motifs is 1. The molecule has 0 aromatic heterocycles. The van der Waals surface area contributed by atoms with Crippen LogP contribution in [0, 0.1) is 29.1 Å². The molecule has 5 atom stereocenters. The first-order valence-electron chi connectivity index (χ1n) is 4.69. The Balaban J connectivity index is 1.92. The molecule has 1 aliphatic heterocycles. The molecule has 4 aliphatic rings. The van der Waals surface area contributed by atoms with Crippen LogP contribution in [0.2, 0.25) is 0 Å². The zero-order chi connectivity index (χ0) is 7.05. The van der Waals surface area contributed by atoms with Gasteiger partial charge in [-0.1, -0.05) is 12.2 Å². The Kier molecular flexibility index (Phi) is 0.637. The van der Waals surface area contributed by atoms with Gasteiger partial charge in [0.1, 0.15) is 0 Å². The highest BCUT2D eigenvalue weighted by molar-refractivity contribution is 5.33. The molecule has 4 rings (SSSR count). The molecule has 1 spiro atoms. The molecular formula is C10H12O. The van der Waals surface area contributed by atoms with Crippen LogP contribution in [0.15, 0.2) is 12.2 Å². The molecule has 0 aromatic rings. The summed E-state index contributed by atoms with van der Waals surface area (Å²) in [6.45, 7) is 2.08. The molecule has 1 heterocycles. The summed E-state index contributed by atoms with van der Waals surface area (Å²) in [7, 11) is 0. The molecule has 1 heteroatoms. The molecule has 5 unspecified atom stereocenters. The minimum absolute atomic E-state index is 0.551. The number of allylic oxidation sites excluding steroid dienone is 1. The maximum Gasteiger partial charge on any atom is 0.0563 e. The van der Waals surface area contributed by atoms with Crippen molar-refractivity contribution in [1.29, 1.82) is 0 Å². The molecule has 0 bridgehead atoms. The molecule has 0 aromatic carbocycles. The second-order valence-corrected chi connectivity index (χ2v) is 4.69. The van der Waals surface area contributed by atoms with Gasteiger partial charge in [0.05, 0.1) is 13.2 Å². The Morgan fingerprint density at radius 3 is 3.45 bits per heavy atom. The SMILES string of the molecule is C1=CC23COCC2CC2C1C23. The summed E-state index contributed by atoms with van der Waals surface area (Å²) < 4.78 is 5.58. The van der Waals surface area contributed by atoms with Crippen molar-refractivity contribution in [2.45, 2.75) is 6.42 Å². The van der Waals surface area contributed by atoms with E-state index in [2.05, 4.69) is 12.2 Å². The van der Waals surface area contributed by atoms with Crippen LogP contribution >= 0.6 is 0 Å². The van der Waals surface area contributed by atoms with E-state index in [4.69, 9.17) is 4.74 Å². The lowest BCUT2D eigenvalue weighted by Crippen LogP contribution is -2.24. The summed E-state index contributed by atoms with van der Waals surface area (Å²) in [5.41, 5.74) is 0.551. The van der Waals surface area contributed by atoms with Gasteiger partial charge in [0.15, 0.2) is 0 Å². The van der Waals surface area contributed by atoms with Gasteiger partial charge in [-0.25, -0.2) is 0 Å². The smallest absolute Gasteiger partial charge is 0.0563 e. The Morgan fingerprint density at radius 1 is 1.45 bits per heavy atom. The number of rotatable bonds is 0. The molecule has 3 fully saturated rings. The Hall–Kier alpha value is -0.300. The summed E-state index contributed by atoms with van der Waals surface area (Å²) in [5, 5.41) is 0. The molecule has 2 saturated carbocycles. The average Bonchev–Trinajstić information content (AvgIpc) is 2.39. The van der Waals surface area contributed by atoms with E-state index in [-0.39, 0.29) is 0 Å². The van der Waals surface area contributed by atoms with E-state index in [9.17, 15) is 0 Å². The fourth-order valence-corrected chi connectivity index (χ4v) is 3.94. The molecule has 58 valence electrons. The van der Waals surface area contributed by atoms with Gasteiger partial charge in [0, 0.05) is 5.41 Å². The van der Waals surface area contributed by atoms with Gasteiger partial charge >= 0.3 is 0 Å². The van der Waals surface area contributed by atoms with Gasteiger partial charge in [0.25, 0.3) is 0 Å². The third kappa shape index (κ3) is 0.384. The van der Waals surface area contributed by atoms with Gasteiger partial charge in [0.2, 0.25) is 0 Å². The fraction of sp³-hybridized carbons (Fsp3) is 0.800. The molecule has 1 saturated heterocycles. The van der Waals surface area contributed by atoms with Crippen molar-refractivity contribution in [1.82, 2.24) is 0 Å². The fourth-order valence-electron chi connectivity index (χ4n) is 3.94. The standard InChI is InChI=1S/C10H12O/c1-2-10-5-11-4-6(10)3-8-7(1)9(8)10/h1-2,6-9H,3-5H2. The number of hydrogen-bond donors (Lipinski definition) is 0. The second-order valence-electron chi connectivity index (χ2n) is 4.69. The predicted molar refractivity (Wildman–Crippen MR) is 41.0 cm³/mol. The summed E-state index contributed by atoms with van der Waals surface area (Å²) in [5.74, 6) is 3.98. The molecule has 0 amide bonds. The van der Waals surface area contributed by atoms with Crippen LogP contribution in [0.1, 0.15) is 6.42 Å². The van der Waals surface area contributed by atoms with E-state index >= 15 is 0 Å². The lowest BCUT2D eigenvalue weighted by atomic mass is 9.79. The maximum absolute atomic E-state index is 5.58. The first-order chi connectivity index (χ1) is 5.42. The van der Waals surface area contributed by atoms with Crippen LogP contribution < -0.4 is 0 Å². The van der Waals surface area contributed by atoms with Crippen molar-refractivity contribution in [2.24, 2.45) is 29.1 Å². The van der Waals surface area contributed by atoms with Crippen molar-refractivity contribution in [3.63, 3.8) is 0 Å². The van der Waals surface area contributed by atoms with Crippen molar-refractivity contribution in [3.05, 3.63) is 12.2 Å². The lowest BCUT2D eigenvalue weighted by molar-refractivity contribution is 0.159. The largest absolute Gasteiger partial charge is 0.380 e. The van der Waals surface area contributed by atoms with Gasteiger partial charge < -0.3 is 4.74 Å². The van der Waals surface area contributed by atoms with Crippen molar-refractivity contribution < 1.29 is 4.74 Å². The highest BCUT2D eigenvalue weighted by Gasteiger charge is 2.71. The van der Waals surface area contributed by atoms with E-state index in [1.165, 1.54) is 6.42 Å². The van der Waals surface area contributed by atoms with E-state index < -0.39 is 0 Å². The Bertz CT molecular complexity index is 258. The van der Waals surface area contributed by atoms with Crippen LogP contribution in [0.25, 0.3) is 0 Å². The van der Waals surface area contributed by atoms with E-state index in [0.29, 0.717) is 5.41 Å². The highest BCUT2D eigenvalue weighted by Crippen LogP contribution is 2.74. The van der Waals surface area contributed by atoms with Crippen LogP contribution in [-0.2, 0) is 4.74 Å². The predicted octanol–water partition coefficient (Wildman–Crippen LogP) is 1.45. The second kappa shape index (κ2) is 1.31. The minimum atomic E-state index is 0.551. The van der Waals surface area contributed by atoms with Crippen LogP contribution in [-0.4, -0.2) is 13.2 Å². The molecule has 0 N–H and O–H groups in total. The van der Waals surface area contributed by atoms with E-state index in [0.717, 1.165) is 36.9 Å². The summed E-state index contributed by atoms with van der Waals surface area (Å²) in [6.07, 6.45) is 6.40. The van der Waals surface area contributed by atoms with Crippen LogP contribution in [0.5, 0.6) is 0 Å². The quantitative estimate of drug-likeness (QED) is 0.472. The van der Waals surface area contributed by atoms with Crippen LogP contribution in [0.3, 0.4) is 0 Å². The molecule has 3 aliphatic carbocycles. The Morgan fingerprint density at radius 2 is 2.45 bits per heavy atom. The third-order valence-electron chi connectivity index (χ3n) is 4.47. The first-order valence-corrected chi connectivity index (χ1v) is 4.69. The van der Waals surface area contributed by atoms with Crippen molar-refractivity contribution in [2.75, 3.05) is 13.2 Å². The summed E-state index contributed by atoms with van der Waals surface area (Å²) in [6, 6.07) is 0. The van der Waals surface area contributed by atoms with Gasteiger partial charge in [-0.3, -0.25) is 0 Å². The first kappa shape index (κ1) is 5.36. The zero-order valence-corrected chi connectivity index (χ0v) is 6.49. The lowest BCUT2D eigenvalue weighted by Gasteiger charge is -2.23. The van der Waals surface area contributed by atoms with E-state index in [1.807, 2.05) is 0 Å². The average molecular weight is 148 g/mol. The normalized spacial score (nSPS) is 68.4. The highest BCUT2D eigenvalue weighted by atomic mass is 16.5. The van der Waals surface area contributed by atoms with Gasteiger partial charge in [-0.15, -0.1) is 0 Å². The maximum atomic E-state index is 5.58. The molecular weight excluding hydrogens is 136 g/mol. The van der Waals surface area contributed by atoms with Crippen molar-refractivity contribution >= 4 is 0 Å². The minimum Gasteiger partial charge on any atom is -0.380 e. The Labute approximate surface area is 66.4 Å². The molecule has 0 radical (unpaired) electrons. The number of ether oxygens (including phenoxy) is 1. The third-order valence-corrected chi connectivity index (χ3v) is 4.47. The van der Waals surface area contributed by atoms with Gasteiger partial charge in [-0.05, 0) is 30.1 Å². The summed E-state index contributed by atoms with van der Waals surface area (Å²) >= 11 is 0. The summed E-state index contributed by atoms with van der Waals surface area (Å²) in [4.78, 5) is 0. The van der Waals surface area contributed by atoms with Crippen molar-refractivity contribution in [3.8, 4) is 0 Å². The van der Waals surface area contributed by atoms with Crippen LogP contribution in [0.4, 0.5) is 0 Å². The van der Waals surface area contributed by atoms with Gasteiger partial charge in [-0.2, -0.15) is 0 Å². The topological polar surface area (TPSA) is 9.23 Å². The monoisotopic (exact) mass is 148 g/mol.